The van der Waals surface area contributed by atoms with Crippen LogP contribution in [0.2, 0.25) is 0 Å². The molecule has 2 aromatic carbocycles. The summed E-state index contributed by atoms with van der Waals surface area (Å²) in [5.74, 6) is -0.346. The van der Waals surface area contributed by atoms with Gasteiger partial charge in [0.05, 0.1) is 27.2 Å². The summed E-state index contributed by atoms with van der Waals surface area (Å²) in [4.78, 5) is 31.6. The van der Waals surface area contributed by atoms with Crippen LogP contribution < -0.4 is 0 Å². The van der Waals surface area contributed by atoms with Crippen LogP contribution >= 0.6 is 11.3 Å². The van der Waals surface area contributed by atoms with Crippen molar-refractivity contribution in [3.63, 3.8) is 0 Å². The molecule has 146 valence electrons. The molecule has 6 nitrogen and oxygen atoms in total. The second-order valence-corrected chi connectivity index (χ2v) is 7.74. The summed E-state index contributed by atoms with van der Waals surface area (Å²) in [7, 11) is 1.80. The summed E-state index contributed by atoms with van der Waals surface area (Å²) in [5, 5.41) is 6.31. The first-order valence-electron chi connectivity index (χ1n) is 9.33. The number of aromatic nitrogens is 4. The van der Waals surface area contributed by atoms with E-state index in [9.17, 15) is 9.59 Å². The van der Waals surface area contributed by atoms with Crippen LogP contribution in [0.3, 0.4) is 0 Å². The lowest BCUT2D eigenvalue weighted by Crippen LogP contribution is -2.13. The van der Waals surface area contributed by atoms with Crippen molar-refractivity contribution in [2.75, 3.05) is 0 Å². The number of carbonyl (C=O) groups is 2. The van der Waals surface area contributed by atoms with E-state index in [1.54, 1.807) is 34.6 Å². The van der Waals surface area contributed by atoms with Gasteiger partial charge in [-0.2, -0.15) is 5.10 Å². The number of imidazole rings is 1. The Morgan fingerprint density at radius 2 is 1.67 bits per heavy atom. The van der Waals surface area contributed by atoms with Gasteiger partial charge in [-0.3, -0.25) is 9.59 Å². The molecule has 0 atom stereocenters. The van der Waals surface area contributed by atoms with E-state index >= 15 is 0 Å². The van der Waals surface area contributed by atoms with Gasteiger partial charge < -0.3 is 4.57 Å². The van der Waals surface area contributed by atoms with E-state index < -0.39 is 0 Å². The van der Waals surface area contributed by atoms with Crippen molar-refractivity contribution in [2.24, 2.45) is 7.05 Å². The largest absolute Gasteiger partial charge is 0.324 e. The molecule has 30 heavy (non-hydrogen) atoms. The fourth-order valence-corrected chi connectivity index (χ4v) is 4.08. The highest BCUT2D eigenvalue weighted by Crippen LogP contribution is 2.23. The Morgan fingerprint density at radius 3 is 2.40 bits per heavy atom. The average Bonchev–Trinajstić information content (AvgIpc) is 3.53. The van der Waals surface area contributed by atoms with Crippen LogP contribution in [0.1, 0.15) is 31.5 Å². The van der Waals surface area contributed by atoms with Crippen LogP contribution in [0, 0.1) is 0 Å². The van der Waals surface area contributed by atoms with Crippen LogP contribution in [-0.4, -0.2) is 30.9 Å². The maximum Gasteiger partial charge on any atom is 0.232 e. The maximum absolute atomic E-state index is 13.5. The van der Waals surface area contributed by atoms with Gasteiger partial charge in [0.2, 0.25) is 11.6 Å². The van der Waals surface area contributed by atoms with Gasteiger partial charge in [-0.1, -0.05) is 36.4 Å². The predicted molar refractivity (Wildman–Crippen MR) is 115 cm³/mol. The fraction of sp³-hybridized carbons (Fsp3) is 0.0435. The third-order valence-corrected chi connectivity index (χ3v) is 5.80. The van der Waals surface area contributed by atoms with Crippen LogP contribution in [0.15, 0.2) is 78.3 Å². The van der Waals surface area contributed by atoms with Crippen LogP contribution in [-0.2, 0) is 7.05 Å². The van der Waals surface area contributed by atoms with Crippen molar-refractivity contribution < 1.29 is 9.59 Å². The number of para-hydroxylation sites is 3. The molecule has 0 N–H and O–H groups in total. The average molecular weight is 412 g/mol. The Hall–Kier alpha value is -3.84. The standard InChI is InChI=1S/C23H16N4O2S/c1-26-18-11-6-5-10-17(18)24-23(26)21(28)16-14-27(15-8-3-2-4-9-15)25-20(16)22(29)19-12-7-13-30-19/h2-14H,1H3. The van der Waals surface area contributed by atoms with Crippen LogP contribution in [0.5, 0.6) is 0 Å². The van der Waals surface area contributed by atoms with Gasteiger partial charge in [-0.15, -0.1) is 11.3 Å². The number of aryl methyl sites for hydroxylation is 1. The number of rotatable bonds is 5. The molecule has 0 aliphatic rings. The Labute approximate surface area is 176 Å². The molecule has 0 amide bonds. The number of hydrogen-bond donors (Lipinski definition) is 0. The van der Waals surface area contributed by atoms with Crippen molar-refractivity contribution in [3.05, 3.63) is 100 Å². The monoisotopic (exact) mass is 412 g/mol. The summed E-state index contributed by atoms with van der Waals surface area (Å²) in [6, 6.07) is 20.5. The SMILES string of the molecule is Cn1c(C(=O)c2cn(-c3ccccc3)nc2C(=O)c2cccs2)nc2ccccc21. The number of hydrogen-bond acceptors (Lipinski definition) is 5. The van der Waals surface area contributed by atoms with Gasteiger partial charge in [0.1, 0.15) is 5.69 Å². The molecular weight excluding hydrogens is 396 g/mol. The van der Waals surface area contributed by atoms with Gasteiger partial charge in [0, 0.05) is 13.2 Å². The van der Waals surface area contributed by atoms with E-state index in [0.717, 1.165) is 16.7 Å². The maximum atomic E-state index is 13.5. The number of nitrogens with zero attached hydrogens (tertiary/aromatic N) is 4. The topological polar surface area (TPSA) is 69.8 Å². The summed E-state index contributed by atoms with van der Waals surface area (Å²) < 4.78 is 3.31. The predicted octanol–water partition coefficient (Wildman–Crippen LogP) is 4.28. The lowest BCUT2D eigenvalue weighted by atomic mass is 10.1. The fourth-order valence-electron chi connectivity index (χ4n) is 3.41. The highest BCUT2D eigenvalue weighted by Gasteiger charge is 2.27. The van der Waals surface area contributed by atoms with Crippen molar-refractivity contribution in [1.82, 2.24) is 19.3 Å². The van der Waals surface area contributed by atoms with E-state index in [4.69, 9.17) is 0 Å². The summed E-state index contributed by atoms with van der Waals surface area (Å²) in [5.41, 5.74) is 2.70. The highest BCUT2D eigenvalue weighted by atomic mass is 32.1. The Bertz CT molecular complexity index is 1380. The summed E-state index contributed by atoms with van der Waals surface area (Å²) >= 11 is 1.32. The highest BCUT2D eigenvalue weighted by molar-refractivity contribution is 7.12. The van der Waals surface area contributed by atoms with E-state index in [1.165, 1.54) is 11.3 Å². The number of benzene rings is 2. The quantitative estimate of drug-likeness (QED) is 0.404. The zero-order chi connectivity index (χ0) is 20.7. The van der Waals surface area contributed by atoms with E-state index in [1.807, 2.05) is 60.0 Å². The van der Waals surface area contributed by atoms with Crippen molar-refractivity contribution in [3.8, 4) is 5.69 Å². The number of thiophene rings is 1. The molecule has 0 spiro atoms. The molecule has 0 saturated carbocycles. The molecule has 5 rings (SSSR count). The molecule has 0 fully saturated rings. The Morgan fingerprint density at radius 1 is 0.900 bits per heavy atom. The van der Waals surface area contributed by atoms with Gasteiger partial charge in [-0.25, -0.2) is 9.67 Å². The molecule has 0 unspecified atom stereocenters. The molecular formula is C23H16N4O2S. The zero-order valence-electron chi connectivity index (χ0n) is 16.0. The first kappa shape index (κ1) is 18.2. The third-order valence-electron chi connectivity index (χ3n) is 4.93. The van der Waals surface area contributed by atoms with E-state index in [0.29, 0.717) is 4.88 Å². The molecule has 0 aliphatic carbocycles. The van der Waals surface area contributed by atoms with Crippen molar-refractivity contribution in [2.45, 2.75) is 0 Å². The molecule has 5 aromatic rings. The van der Waals surface area contributed by atoms with Crippen molar-refractivity contribution in [1.29, 1.82) is 0 Å². The van der Waals surface area contributed by atoms with Gasteiger partial charge >= 0.3 is 0 Å². The first-order chi connectivity index (χ1) is 14.6. The Balaban J connectivity index is 1.67. The zero-order valence-corrected chi connectivity index (χ0v) is 16.8. The summed E-state index contributed by atoms with van der Waals surface area (Å²) in [6.07, 6.45) is 1.61. The van der Waals surface area contributed by atoms with Gasteiger partial charge in [0.15, 0.2) is 5.82 Å². The smallest absolute Gasteiger partial charge is 0.232 e. The van der Waals surface area contributed by atoms with Crippen molar-refractivity contribution >= 4 is 33.9 Å². The summed E-state index contributed by atoms with van der Waals surface area (Å²) in [6.45, 7) is 0. The lowest BCUT2D eigenvalue weighted by molar-refractivity contribution is 0.0996. The minimum absolute atomic E-state index is 0.123. The van der Waals surface area contributed by atoms with Gasteiger partial charge in [-0.05, 0) is 35.7 Å². The Kier molecular flexibility index (Phi) is 4.37. The lowest BCUT2D eigenvalue weighted by Gasteiger charge is -2.01. The molecule has 0 bridgehead atoms. The normalized spacial score (nSPS) is 11.1. The number of carbonyl (C=O) groups excluding carboxylic acids is 2. The van der Waals surface area contributed by atoms with E-state index in [2.05, 4.69) is 10.1 Å². The number of fused-ring (bicyclic) bond motifs is 1. The first-order valence-corrected chi connectivity index (χ1v) is 10.2. The minimum Gasteiger partial charge on any atom is -0.324 e. The molecule has 3 heterocycles. The second-order valence-electron chi connectivity index (χ2n) is 6.79. The molecule has 3 aromatic heterocycles. The minimum atomic E-state index is -0.337. The molecule has 7 heteroatoms. The molecule has 0 saturated heterocycles. The van der Waals surface area contributed by atoms with Crippen LogP contribution in [0.4, 0.5) is 0 Å². The molecule has 0 radical (unpaired) electrons. The number of ketones is 2. The van der Waals surface area contributed by atoms with Gasteiger partial charge in [0.25, 0.3) is 0 Å². The van der Waals surface area contributed by atoms with Crippen LogP contribution in [0.25, 0.3) is 16.7 Å². The van der Waals surface area contributed by atoms with E-state index in [-0.39, 0.29) is 28.6 Å². The molecule has 0 aliphatic heterocycles. The third kappa shape index (κ3) is 2.96. The second kappa shape index (κ2) is 7.20.